The van der Waals surface area contributed by atoms with Gasteiger partial charge in [-0.15, -0.1) is 0 Å². The average molecular weight is 474 g/mol. The zero-order chi connectivity index (χ0) is 19.2. The Morgan fingerprint density at radius 1 is 1.15 bits per heavy atom. The van der Waals surface area contributed by atoms with Gasteiger partial charge in [0, 0.05) is 11.1 Å². The Balaban J connectivity index is 1.85. The number of hydrogen-bond donors (Lipinski definition) is 1. The number of rotatable bonds is 6. The molecule has 0 saturated heterocycles. The molecule has 0 heterocycles. The van der Waals surface area contributed by atoms with E-state index in [1.165, 1.54) is 0 Å². The Kier molecular flexibility index (Phi) is 6.28. The number of methoxy groups -OCH3 is 1. The molecule has 0 spiro atoms. The first-order valence-corrected chi connectivity index (χ1v) is 9.53. The van der Waals surface area contributed by atoms with Gasteiger partial charge in [-0.25, -0.2) is 5.43 Å². The summed E-state index contributed by atoms with van der Waals surface area (Å²) in [7, 11) is 1.58. The van der Waals surface area contributed by atoms with Crippen LogP contribution in [-0.4, -0.2) is 25.8 Å². The van der Waals surface area contributed by atoms with E-state index in [1.807, 2.05) is 49.4 Å². The Morgan fingerprint density at radius 3 is 2.74 bits per heavy atom. The van der Waals surface area contributed by atoms with E-state index in [0.717, 1.165) is 25.7 Å². The number of carbonyl (C=O) groups excluding carboxylic acids is 1. The minimum Gasteiger partial charge on any atom is -0.496 e. The number of benzene rings is 3. The molecule has 0 aliphatic rings. The first-order valence-electron chi connectivity index (χ1n) is 8.45. The van der Waals surface area contributed by atoms with Gasteiger partial charge in [-0.05, 0) is 64.6 Å². The molecule has 0 unspecified atom stereocenters. The van der Waals surface area contributed by atoms with Crippen LogP contribution in [0.2, 0.25) is 0 Å². The predicted octanol–water partition coefficient (Wildman–Crippen LogP) is 4.62. The van der Waals surface area contributed by atoms with E-state index < -0.39 is 0 Å². The summed E-state index contributed by atoms with van der Waals surface area (Å²) < 4.78 is 11.9. The Hall–Kier alpha value is -2.61. The highest BCUT2D eigenvalue weighted by molar-refractivity contribution is 14.1. The second-order valence-electron chi connectivity index (χ2n) is 5.68. The summed E-state index contributed by atoms with van der Waals surface area (Å²) in [4.78, 5) is 12.4. The third-order valence-corrected chi connectivity index (χ3v) is 4.89. The zero-order valence-corrected chi connectivity index (χ0v) is 17.2. The monoisotopic (exact) mass is 474 g/mol. The second-order valence-corrected chi connectivity index (χ2v) is 6.84. The lowest BCUT2D eigenvalue weighted by molar-refractivity contribution is 0.0954. The molecular formula is C21H19IN2O3. The lowest BCUT2D eigenvalue weighted by atomic mass is 10.0. The van der Waals surface area contributed by atoms with Gasteiger partial charge in [-0.3, -0.25) is 4.79 Å². The normalized spacial score (nSPS) is 10.9. The van der Waals surface area contributed by atoms with Crippen molar-refractivity contribution < 1.29 is 14.3 Å². The first kappa shape index (κ1) is 19.2. The molecule has 0 aliphatic heterocycles. The van der Waals surface area contributed by atoms with Crippen molar-refractivity contribution in [2.24, 2.45) is 5.10 Å². The fraction of sp³-hybridized carbons (Fsp3) is 0.143. The molecule has 1 amide bonds. The maximum Gasteiger partial charge on any atom is 0.271 e. The third-order valence-electron chi connectivity index (χ3n) is 4.00. The van der Waals surface area contributed by atoms with Crippen molar-refractivity contribution >= 4 is 45.5 Å². The van der Waals surface area contributed by atoms with Gasteiger partial charge in [-0.2, -0.15) is 5.10 Å². The van der Waals surface area contributed by atoms with Gasteiger partial charge in [0.1, 0.15) is 11.5 Å². The molecule has 138 valence electrons. The average Bonchev–Trinajstić information content (AvgIpc) is 2.69. The highest BCUT2D eigenvalue weighted by Crippen LogP contribution is 2.26. The third kappa shape index (κ3) is 4.39. The summed E-state index contributed by atoms with van der Waals surface area (Å²) in [5.41, 5.74) is 3.88. The summed E-state index contributed by atoms with van der Waals surface area (Å²) in [6.07, 6.45) is 1.62. The van der Waals surface area contributed by atoms with E-state index in [1.54, 1.807) is 25.5 Å². The topological polar surface area (TPSA) is 59.9 Å². The van der Waals surface area contributed by atoms with Crippen LogP contribution in [0.25, 0.3) is 10.8 Å². The molecule has 0 aromatic heterocycles. The zero-order valence-electron chi connectivity index (χ0n) is 15.0. The highest BCUT2D eigenvalue weighted by atomic mass is 127. The molecule has 5 nitrogen and oxygen atoms in total. The summed E-state index contributed by atoms with van der Waals surface area (Å²) in [6, 6.07) is 17.2. The lowest BCUT2D eigenvalue weighted by Gasteiger charge is -2.10. The number of carbonyl (C=O) groups is 1. The van der Waals surface area contributed by atoms with Crippen molar-refractivity contribution in [2.45, 2.75) is 6.92 Å². The molecule has 3 aromatic carbocycles. The van der Waals surface area contributed by atoms with Crippen LogP contribution in [0.3, 0.4) is 0 Å². The van der Waals surface area contributed by atoms with Crippen LogP contribution in [0.5, 0.6) is 11.5 Å². The second kappa shape index (κ2) is 8.85. The highest BCUT2D eigenvalue weighted by Gasteiger charge is 2.09. The maximum atomic E-state index is 12.4. The summed E-state index contributed by atoms with van der Waals surface area (Å²) in [5.74, 6) is 1.07. The largest absolute Gasteiger partial charge is 0.496 e. The van der Waals surface area contributed by atoms with E-state index >= 15 is 0 Å². The Labute approximate surface area is 171 Å². The van der Waals surface area contributed by atoms with E-state index in [-0.39, 0.29) is 5.91 Å². The van der Waals surface area contributed by atoms with Crippen LogP contribution >= 0.6 is 22.6 Å². The maximum absolute atomic E-state index is 12.4. The van der Waals surface area contributed by atoms with Gasteiger partial charge < -0.3 is 9.47 Å². The minimum absolute atomic E-state index is 0.306. The molecule has 3 aromatic rings. The molecular weight excluding hydrogens is 455 g/mol. The molecule has 1 N–H and O–H groups in total. The molecule has 0 aliphatic carbocycles. The van der Waals surface area contributed by atoms with Crippen LogP contribution in [0, 0.1) is 3.57 Å². The number of ether oxygens (including phenoxy) is 2. The smallest absolute Gasteiger partial charge is 0.271 e. The molecule has 0 bridgehead atoms. The quantitative estimate of drug-likeness (QED) is 0.323. The van der Waals surface area contributed by atoms with E-state index in [0.29, 0.717) is 17.9 Å². The van der Waals surface area contributed by atoms with Crippen LogP contribution in [-0.2, 0) is 0 Å². The molecule has 27 heavy (non-hydrogen) atoms. The fourth-order valence-electron chi connectivity index (χ4n) is 2.71. The predicted molar refractivity (Wildman–Crippen MR) is 116 cm³/mol. The van der Waals surface area contributed by atoms with Crippen molar-refractivity contribution in [1.82, 2.24) is 5.43 Å². The molecule has 6 heteroatoms. The molecule has 3 rings (SSSR count). The number of hydrazone groups is 1. The lowest BCUT2D eigenvalue weighted by Crippen LogP contribution is -2.17. The molecule has 0 radical (unpaired) electrons. The number of amides is 1. The number of nitrogens with one attached hydrogen (secondary N) is 1. The standard InChI is InChI=1S/C21H19IN2O3/c1-3-27-19-11-9-14-6-4-5-7-16(14)17(19)13-23-24-21(25)15-8-10-18(22)20(12-15)26-2/h4-13H,3H2,1-2H3,(H,24,25)/b23-13-. The summed E-state index contributed by atoms with van der Waals surface area (Å²) >= 11 is 2.16. The molecule has 0 saturated carbocycles. The number of hydrogen-bond acceptors (Lipinski definition) is 4. The van der Waals surface area contributed by atoms with Crippen molar-refractivity contribution in [1.29, 1.82) is 0 Å². The van der Waals surface area contributed by atoms with Gasteiger partial charge in [0.25, 0.3) is 5.91 Å². The summed E-state index contributed by atoms with van der Waals surface area (Å²) in [5, 5.41) is 6.23. The SMILES string of the molecule is CCOc1ccc2ccccc2c1/C=N\NC(=O)c1ccc(I)c(OC)c1. The number of nitrogens with zero attached hydrogens (tertiary/aromatic N) is 1. The van der Waals surface area contributed by atoms with E-state index in [9.17, 15) is 4.79 Å². The van der Waals surface area contributed by atoms with Gasteiger partial charge in [0.2, 0.25) is 0 Å². The number of fused-ring (bicyclic) bond motifs is 1. The Morgan fingerprint density at radius 2 is 1.96 bits per heavy atom. The fourth-order valence-corrected chi connectivity index (χ4v) is 3.27. The molecule has 0 fully saturated rings. The molecule has 0 atom stereocenters. The van der Waals surface area contributed by atoms with Gasteiger partial charge in [0.15, 0.2) is 0 Å². The van der Waals surface area contributed by atoms with Crippen molar-refractivity contribution in [3.8, 4) is 11.5 Å². The van der Waals surface area contributed by atoms with Gasteiger partial charge in [0.05, 0.1) is 23.5 Å². The minimum atomic E-state index is -0.306. The van der Waals surface area contributed by atoms with Crippen molar-refractivity contribution in [3.63, 3.8) is 0 Å². The van der Waals surface area contributed by atoms with Gasteiger partial charge >= 0.3 is 0 Å². The first-order chi connectivity index (χ1) is 13.1. The van der Waals surface area contributed by atoms with Crippen LogP contribution in [0.15, 0.2) is 59.7 Å². The van der Waals surface area contributed by atoms with Crippen molar-refractivity contribution in [3.05, 3.63) is 69.3 Å². The van der Waals surface area contributed by atoms with Crippen molar-refractivity contribution in [2.75, 3.05) is 13.7 Å². The van der Waals surface area contributed by atoms with Crippen LogP contribution in [0.1, 0.15) is 22.8 Å². The van der Waals surface area contributed by atoms with Gasteiger partial charge in [-0.1, -0.05) is 30.3 Å². The Bertz CT molecular complexity index is 1000. The summed E-state index contributed by atoms with van der Waals surface area (Å²) in [6.45, 7) is 2.48. The number of halogens is 1. The van der Waals surface area contributed by atoms with Crippen LogP contribution in [0.4, 0.5) is 0 Å². The van der Waals surface area contributed by atoms with Crippen LogP contribution < -0.4 is 14.9 Å². The van der Waals surface area contributed by atoms with E-state index in [2.05, 4.69) is 33.1 Å². The van der Waals surface area contributed by atoms with E-state index in [4.69, 9.17) is 9.47 Å².